The number of allylic oxidation sites excluding steroid dienone is 2. The standard InChI is InChI=1S/C54H103O11P/c1-4-7-10-13-16-19-22-24-25-27-30-33-36-39-42-45-54(58)65-51(47-61-52(56)43-40-37-34-31-29-26-23-20-17-14-11-8-5-2)49-63-66(59,60)62-48-50(46-55)64-53(57)44-41-38-35-32-28-21-18-15-12-9-6-3/h15,18,50-51,55H,4-14,16-17,19-49H2,1-3H3,(H,59,60)/b18-15-. The van der Waals surface area contributed by atoms with Crippen molar-refractivity contribution in [3.05, 3.63) is 12.2 Å². The molecule has 0 saturated heterocycles. The quantitative estimate of drug-likeness (QED) is 0.0197. The Labute approximate surface area is 405 Å². The van der Waals surface area contributed by atoms with Gasteiger partial charge >= 0.3 is 25.7 Å². The molecular weight excluding hydrogens is 856 g/mol. The third-order valence-corrected chi connectivity index (χ3v) is 13.1. The number of aliphatic hydroxyl groups excluding tert-OH is 1. The number of phosphoric acid groups is 1. The highest BCUT2D eigenvalue weighted by Crippen LogP contribution is 2.43. The number of hydrogen-bond donors (Lipinski definition) is 2. The molecule has 0 fully saturated rings. The Morgan fingerprint density at radius 1 is 0.409 bits per heavy atom. The summed E-state index contributed by atoms with van der Waals surface area (Å²) in [5.74, 6) is -1.45. The minimum absolute atomic E-state index is 0.172. The Morgan fingerprint density at radius 2 is 0.712 bits per heavy atom. The van der Waals surface area contributed by atoms with E-state index in [2.05, 4.69) is 32.9 Å². The lowest BCUT2D eigenvalue weighted by Gasteiger charge is -2.21. The van der Waals surface area contributed by atoms with Gasteiger partial charge in [-0.3, -0.25) is 23.4 Å². The highest BCUT2D eigenvalue weighted by molar-refractivity contribution is 7.47. The summed E-state index contributed by atoms with van der Waals surface area (Å²) in [5, 5.41) is 9.77. The molecule has 0 aromatic rings. The van der Waals surface area contributed by atoms with Crippen molar-refractivity contribution in [2.24, 2.45) is 0 Å². The molecule has 11 nitrogen and oxygen atoms in total. The largest absolute Gasteiger partial charge is 0.472 e. The van der Waals surface area contributed by atoms with Gasteiger partial charge in [0.1, 0.15) is 12.7 Å². The highest BCUT2D eigenvalue weighted by atomic mass is 31.2. The van der Waals surface area contributed by atoms with Crippen molar-refractivity contribution in [2.75, 3.05) is 26.4 Å². The number of hydrogen-bond acceptors (Lipinski definition) is 10. The number of unbranched alkanes of at least 4 members (excludes halogenated alkanes) is 33. The summed E-state index contributed by atoms with van der Waals surface area (Å²) in [6.45, 7) is 4.63. The van der Waals surface area contributed by atoms with Crippen molar-refractivity contribution in [1.82, 2.24) is 0 Å². The molecule has 0 bridgehead atoms. The van der Waals surface area contributed by atoms with Crippen LogP contribution in [-0.4, -0.2) is 66.5 Å². The number of carbonyl (C=O) groups excluding carboxylic acids is 3. The van der Waals surface area contributed by atoms with Crippen LogP contribution in [-0.2, 0) is 42.2 Å². The predicted octanol–water partition coefficient (Wildman–Crippen LogP) is 15.7. The predicted molar refractivity (Wildman–Crippen MR) is 270 cm³/mol. The second kappa shape index (κ2) is 49.6. The van der Waals surface area contributed by atoms with Crippen LogP contribution >= 0.6 is 7.82 Å². The van der Waals surface area contributed by atoms with Crippen molar-refractivity contribution < 1.29 is 52.2 Å². The van der Waals surface area contributed by atoms with Crippen molar-refractivity contribution in [3.63, 3.8) is 0 Å². The van der Waals surface area contributed by atoms with E-state index in [9.17, 15) is 28.9 Å². The van der Waals surface area contributed by atoms with Gasteiger partial charge in [0.2, 0.25) is 0 Å². The number of aliphatic hydroxyl groups is 1. The Hall–Kier alpha value is -1.78. The lowest BCUT2D eigenvalue weighted by Crippen LogP contribution is -2.30. The first-order valence-electron chi connectivity index (χ1n) is 27.6. The van der Waals surface area contributed by atoms with Crippen LogP contribution in [0, 0.1) is 0 Å². The minimum Gasteiger partial charge on any atom is -0.462 e. The van der Waals surface area contributed by atoms with Gasteiger partial charge in [0.25, 0.3) is 0 Å². The van der Waals surface area contributed by atoms with E-state index in [1.165, 1.54) is 141 Å². The first-order chi connectivity index (χ1) is 32.2. The van der Waals surface area contributed by atoms with Crippen LogP contribution in [0.3, 0.4) is 0 Å². The maximum atomic E-state index is 12.9. The van der Waals surface area contributed by atoms with Gasteiger partial charge in [-0.25, -0.2) is 4.57 Å². The first kappa shape index (κ1) is 64.2. The molecule has 0 aliphatic heterocycles. The van der Waals surface area contributed by atoms with Gasteiger partial charge in [0.15, 0.2) is 6.10 Å². The summed E-state index contributed by atoms with van der Waals surface area (Å²) in [6.07, 6.45) is 46.0. The van der Waals surface area contributed by atoms with Crippen molar-refractivity contribution >= 4 is 25.7 Å². The lowest BCUT2D eigenvalue weighted by molar-refractivity contribution is -0.161. The van der Waals surface area contributed by atoms with Crippen LogP contribution in [0.4, 0.5) is 0 Å². The zero-order chi connectivity index (χ0) is 48.4. The molecule has 0 radical (unpaired) electrons. The SMILES string of the molecule is CCCC/C=C\CCCCCCCC(=O)OC(CO)COP(=O)(O)OCC(COC(=O)CCCCCCCCCCCCCCC)OC(=O)CCCCCCCCCCCCCCCCC. The third kappa shape index (κ3) is 47.3. The molecule has 0 aromatic carbocycles. The van der Waals surface area contributed by atoms with E-state index in [1.54, 1.807) is 0 Å². The maximum absolute atomic E-state index is 12.9. The molecule has 0 amide bonds. The van der Waals surface area contributed by atoms with Crippen LogP contribution in [0.15, 0.2) is 12.2 Å². The number of ether oxygens (including phenoxy) is 3. The molecule has 66 heavy (non-hydrogen) atoms. The van der Waals surface area contributed by atoms with E-state index >= 15 is 0 Å². The summed E-state index contributed by atoms with van der Waals surface area (Å²) in [5.41, 5.74) is 0. The summed E-state index contributed by atoms with van der Waals surface area (Å²) >= 11 is 0. The molecule has 2 N–H and O–H groups in total. The fraction of sp³-hybridized carbons (Fsp3) is 0.907. The fourth-order valence-corrected chi connectivity index (χ4v) is 8.71. The van der Waals surface area contributed by atoms with Gasteiger partial charge in [0, 0.05) is 19.3 Å². The molecule has 0 aromatic heterocycles. The number of rotatable bonds is 52. The molecule has 12 heteroatoms. The number of phosphoric ester groups is 1. The maximum Gasteiger partial charge on any atom is 0.472 e. The van der Waals surface area contributed by atoms with Gasteiger partial charge in [-0.1, -0.05) is 232 Å². The van der Waals surface area contributed by atoms with Crippen LogP contribution in [0.1, 0.15) is 278 Å². The van der Waals surface area contributed by atoms with E-state index in [-0.39, 0.29) is 25.9 Å². The molecule has 0 aliphatic rings. The first-order valence-corrected chi connectivity index (χ1v) is 29.1. The second-order valence-electron chi connectivity index (χ2n) is 18.8. The van der Waals surface area contributed by atoms with Crippen LogP contribution in [0.5, 0.6) is 0 Å². The van der Waals surface area contributed by atoms with E-state index in [1.807, 2.05) is 0 Å². The molecule has 0 heterocycles. The van der Waals surface area contributed by atoms with Crippen molar-refractivity contribution in [2.45, 2.75) is 290 Å². The zero-order valence-corrected chi connectivity index (χ0v) is 43.8. The van der Waals surface area contributed by atoms with E-state index in [0.717, 1.165) is 77.0 Å². The number of esters is 3. The molecule has 390 valence electrons. The molecule has 0 rings (SSSR count). The Kier molecular flexibility index (Phi) is 48.3. The van der Waals surface area contributed by atoms with Gasteiger partial charge in [-0.05, 0) is 38.5 Å². The summed E-state index contributed by atoms with van der Waals surface area (Å²) < 4.78 is 39.4. The van der Waals surface area contributed by atoms with Gasteiger partial charge in [0.05, 0.1) is 19.8 Å². The molecule has 3 atom stereocenters. The highest BCUT2D eigenvalue weighted by Gasteiger charge is 2.28. The number of carbonyl (C=O) groups is 3. The average Bonchev–Trinajstić information content (AvgIpc) is 3.30. The third-order valence-electron chi connectivity index (χ3n) is 12.2. The molecule has 3 unspecified atom stereocenters. The molecular formula is C54H103O11P. The minimum atomic E-state index is -4.73. The fourth-order valence-electron chi connectivity index (χ4n) is 7.93. The van der Waals surface area contributed by atoms with Gasteiger partial charge in [-0.15, -0.1) is 0 Å². The van der Waals surface area contributed by atoms with Crippen LogP contribution in [0.2, 0.25) is 0 Å². The van der Waals surface area contributed by atoms with Crippen molar-refractivity contribution in [1.29, 1.82) is 0 Å². The Bertz CT molecular complexity index is 1160. The van der Waals surface area contributed by atoms with Gasteiger partial charge in [-0.2, -0.15) is 0 Å². The summed E-state index contributed by atoms with van der Waals surface area (Å²) in [6, 6.07) is 0. The van der Waals surface area contributed by atoms with E-state index in [0.29, 0.717) is 19.3 Å². The zero-order valence-electron chi connectivity index (χ0n) is 42.9. The van der Waals surface area contributed by atoms with E-state index < -0.39 is 57.8 Å². The normalized spacial score (nSPS) is 13.5. The van der Waals surface area contributed by atoms with Gasteiger partial charge < -0.3 is 24.2 Å². The van der Waals surface area contributed by atoms with Crippen LogP contribution in [0.25, 0.3) is 0 Å². The lowest BCUT2D eigenvalue weighted by atomic mass is 10.0. The van der Waals surface area contributed by atoms with E-state index in [4.69, 9.17) is 23.3 Å². The molecule has 0 saturated carbocycles. The molecule has 0 aliphatic carbocycles. The summed E-state index contributed by atoms with van der Waals surface area (Å²) in [7, 11) is -4.73. The average molecular weight is 959 g/mol. The molecule has 0 spiro atoms. The van der Waals surface area contributed by atoms with Crippen LogP contribution < -0.4 is 0 Å². The second-order valence-corrected chi connectivity index (χ2v) is 20.2. The Balaban J connectivity index is 4.69. The van der Waals surface area contributed by atoms with Crippen molar-refractivity contribution in [3.8, 4) is 0 Å². The Morgan fingerprint density at radius 3 is 1.09 bits per heavy atom. The topological polar surface area (TPSA) is 155 Å². The monoisotopic (exact) mass is 959 g/mol. The summed E-state index contributed by atoms with van der Waals surface area (Å²) in [4.78, 5) is 48.3. The smallest absolute Gasteiger partial charge is 0.462 e.